The second-order valence-electron chi connectivity index (χ2n) is 8.45. The van der Waals surface area contributed by atoms with Crippen LogP contribution in [0.2, 0.25) is 0 Å². The minimum Gasteiger partial charge on any atom is -0.489 e. The number of hydrogen-bond donors (Lipinski definition) is 1. The van der Waals surface area contributed by atoms with Crippen LogP contribution in [0.25, 0.3) is 0 Å². The monoisotopic (exact) mass is 495 g/mol. The normalized spacial score (nSPS) is 11.3. The maximum absolute atomic E-state index is 12.8. The third-order valence-electron chi connectivity index (χ3n) is 5.79. The maximum Gasteiger partial charge on any atom is 0.340 e. The van der Waals surface area contributed by atoms with Gasteiger partial charge in [-0.2, -0.15) is 0 Å². The first kappa shape index (κ1) is 25.5. The van der Waals surface area contributed by atoms with Crippen molar-refractivity contribution in [3.8, 4) is 5.75 Å². The number of carbonyl (C=O) groups excluding carboxylic acids is 2. The van der Waals surface area contributed by atoms with Gasteiger partial charge in [0.15, 0.2) is 0 Å². The van der Waals surface area contributed by atoms with E-state index in [0.717, 1.165) is 22.4 Å². The first-order valence-corrected chi connectivity index (χ1v) is 12.0. The SMILES string of the molecule is COC(=O)[C@H](Cc1ccc(OCc2ccccc2)cc1)Nc1ccccc1C(=O)OCc1ccccc1. The molecule has 0 amide bonds. The second kappa shape index (κ2) is 12.9. The Balaban J connectivity index is 1.41. The Hall–Kier alpha value is -4.58. The van der Waals surface area contributed by atoms with Crippen LogP contribution in [-0.2, 0) is 33.9 Å². The lowest BCUT2D eigenvalue weighted by Crippen LogP contribution is -2.33. The quantitative estimate of drug-likeness (QED) is 0.264. The summed E-state index contributed by atoms with van der Waals surface area (Å²) in [6.45, 7) is 0.636. The molecule has 0 heterocycles. The first-order valence-electron chi connectivity index (χ1n) is 12.0. The number of benzene rings is 4. The average molecular weight is 496 g/mol. The van der Waals surface area contributed by atoms with Crippen molar-refractivity contribution in [3.63, 3.8) is 0 Å². The van der Waals surface area contributed by atoms with Crippen LogP contribution >= 0.6 is 0 Å². The Morgan fingerprint density at radius 3 is 1.95 bits per heavy atom. The number of hydrogen-bond acceptors (Lipinski definition) is 6. The predicted molar refractivity (Wildman–Crippen MR) is 142 cm³/mol. The smallest absolute Gasteiger partial charge is 0.340 e. The number of anilines is 1. The summed E-state index contributed by atoms with van der Waals surface area (Å²) in [5, 5.41) is 3.18. The van der Waals surface area contributed by atoms with E-state index in [9.17, 15) is 9.59 Å². The van der Waals surface area contributed by atoms with E-state index in [-0.39, 0.29) is 6.61 Å². The highest BCUT2D eigenvalue weighted by Gasteiger charge is 2.22. The lowest BCUT2D eigenvalue weighted by molar-refractivity contribution is -0.141. The van der Waals surface area contributed by atoms with E-state index in [4.69, 9.17) is 14.2 Å². The van der Waals surface area contributed by atoms with Gasteiger partial charge in [0.2, 0.25) is 0 Å². The summed E-state index contributed by atoms with van der Waals surface area (Å²) in [6.07, 6.45) is 0.360. The minimum atomic E-state index is -0.704. The summed E-state index contributed by atoms with van der Waals surface area (Å²) in [5.41, 5.74) is 3.74. The van der Waals surface area contributed by atoms with Crippen LogP contribution < -0.4 is 10.1 Å². The van der Waals surface area contributed by atoms with E-state index >= 15 is 0 Å². The van der Waals surface area contributed by atoms with Gasteiger partial charge in [-0.3, -0.25) is 0 Å². The molecule has 37 heavy (non-hydrogen) atoms. The van der Waals surface area contributed by atoms with E-state index in [1.54, 1.807) is 24.3 Å². The minimum absolute atomic E-state index is 0.160. The molecule has 4 aromatic rings. The fourth-order valence-corrected chi connectivity index (χ4v) is 3.81. The van der Waals surface area contributed by atoms with Crippen LogP contribution in [0.15, 0.2) is 109 Å². The Morgan fingerprint density at radius 2 is 1.30 bits per heavy atom. The van der Waals surface area contributed by atoms with Crippen molar-refractivity contribution in [1.29, 1.82) is 0 Å². The van der Waals surface area contributed by atoms with Crippen molar-refractivity contribution < 1.29 is 23.8 Å². The molecule has 188 valence electrons. The number of ether oxygens (including phenoxy) is 3. The van der Waals surface area contributed by atoms with Gasteiger partial charge in [0.25, 0.3) is 0 Å². The molecule has 1 N–H and O–H groups in total. The average Bonchev–Trinajstić information content (AvgIpc) is 2.96. The van der Waals surface area contributed by atoms with Gasteiger partial charge in [-0.15, -0.1) is 0 Å². The molecule has 0 spiro atoms. The Labute approximate surface area is 216 Å². The van der Waals surface area contributed by atoms with Crippen molar-refractivity contribution in [2.45, 2.75) is 25.7 Å². The number of para-hydroxylation sites is 1. The number of nitrogens with one attached hydrogen (secondary N) is 1. The molecular weight excluding hydrogens is 466 g/mol. The van der Waals surface area contributed by atoms with E-state index in [1.807, 2.05) is 84.9 Å². The number of rotatable bonds is 11. The molecule has 0 radical (unpaired) electrons. The van der Waals surface area contributed by atoms with E-state index in [2.05, 4.69) is 5.32 Å². The third kappa shape index (κ3) is 7.45. The highest BCUT2D eigenvalue weighted by atomic mass is 16.5. The zero-order valence-corrected chi connectivity index (χ0v) is 20.6. The van der Waals surface area contributed by atoms with Crippen molar-refractivity contribution in [3.05, 3.63) is 131 Å². The molecule has 4 aromatic carbocycles. The van der Waals surface area contributed by atoms with Crippen LogP contribution in [0.5, 0.6) is 5.75 Å². The summed E-state index contributed by atoms with van der Waals surface area (Å²) in [5.74, 6) is -0.172. The van der Waals surface area contributed by atoms with Gasteiger partial charge >= 0.3 is 11.9 Å². The van der Waals surface area contributed by atoms with Gasteiger partial charge in [0, 0.05) is 12.1 Å². The van der Waals surface area contributed by atoms with E-state index < -0.39 is 18.0 Å². The van der Waals surface area contributed by atoms with Crippen LogP contribution in [-0.4, -0.2) is 25.1 Å². The maximum atomic E-state index is 12.8. The van der Waals surface area contributed by atoms with Crippen LogP contribution in [0.4, 0.5) is 5.69 Å². The van der Waals surface area contributed by atoms with Gasteiger partial charge in [-0.1, -0.05) is 84.9 Å². The van der Waals surface area contributed by atoms with Crippen molar-refractivity contribution in [2.75, 3.05) is 12.4 Å². The lowest BCUT2D eigenvalue weighted by Gasteiger charge is -2.20. The second-order valence-corrected chi connectivity index (χ2v) is 8.45. The van der Waals surface area contributed by atoms with E-state index in [1.165, 1.54) is 7.11 Å². The Morgan fingerprint density at radius 1 is 0.703 bits per heavy atom. The molecule has 0 aliphatic heterocycles. The standard InChI is InChI=1S/C31H29NO5/c1-35-31(34)29(20-23-16-18-26(19-17-23)36-21-24-10-4-2-5-11-24)32-28-15-9-8-14-27(28)30(33)37-22-25-12-6-3-7-13-25/h2-19,29,32H,20-22H2,1H3/t29-/m0/s1. The first-order chi connectivity index (χ1) is 18.1. The summed E-state index contributed by atoms with van der Waals surface area (Å²) >= 11 is 0. The lowest BCUT2D eigenvalue weighted by atomic mass is 10.0. The molecule has 0 fully saturated rings. The zero-order chi connectivity index (χ0) is 25.9. The molecule has 0 aromatic heterocycles. The molecule has 0 saturated carbocycles. The highest BCUT2D eigenvalue weighted by Crippen LogP contribution is 2.21. The van der Waals surface area contributed by atoms with Crippen LogP contribution in [0.1, 0.15) is 27.0 Å². The van der Waals surface area contributed by atoms with E-state index in [0.29, 0.717) is 24.3 Å². The largest absolute Gasteiger partial charge is 0.489 e. The van der Waals surface area contributed by atoms with Gasteiger partial charge in [-0.25, -0.2) is 9.59 Å². The fourth-order valence-electron chi connectivity index (χ4n) is 3.81. The van der Waals surface area contributed by atoms with Gasteiger partial charge in [0.1, 0.15) is 25.0 Å². The molecule has 0 unspecified atom stereocenters. The van der Waals surface area contributed by atoms with Gasteiger partial charge in [-0.05, 0) is 41.0 Å². The molecule has 0 bridgehead atoms. The molecule has 4 rings (SSSR count). The summed E-state index contributed by atoms with van der Waals surface area (Å²) in [6, 6.07) is 33.3. The topological polar surface area (TPSA) is 73.9 Å². The van der Waals surface area contributed by atoms with Crippen LogP contribution in [0, 0.1) is 0 Å². The predicted octanol–water partition coefficient (Wildman–Crippen LogP) is 5.82. The molecule has 6 heteroatoms. The molecule has 0 aliphatic carbocycles. The highest BCUT2D eigenvalue weighted by molar-refractivity contribution is 5.96. The van der Waals surface area contributed by atoms with Gasteiger partial charge in [0.05, 0.1) is 12.7 Å². The number of methoxy groups -OCH3 is 1. The molecule has 6 nitrogen and oxygen atoms in total. The fraction of sp³-hybridized carbons (Fsp3) is 0.161. The Bertz CT molecular complexity index is 1290. The summed E-state index contributed by atoms with van der Waals surface area (Å²) < 4.78 is 16.4. The third-order valence-corrected chi connectivity index (χ3v) is 5.79. The Kier molecular flexibility index (Phi) is 8.92. The van der Waals surface area contributed by atoms with Crippen molar-refractivity contribution in [2.24, 2.45) is 0 Å². The summed E-state index contributed by atoms with van der Waals surface area (Å²) in [4.78, 5) is 25.4. The van der Waals surface area contributed by atoms with Gasteiger partial charge < -0.3 is 19.5 Å². The van der Waals surface area contributed by atoms with Crippen molar-refractivity contribution in [1.82, 2.24) is 0 Å². The number of carbonyl (C=O) groups is 2. The molecular formula is C31H29NO5. The summed E-state index contributed by atoms with van der Waals surface area (Å²) in [7, 11) is 1.34. The molecule has 0 saturated heterocycles. The molecule has 1 atom stereocenters. The van der Waals surface area contributed by atoms with Crippen molar-refractivity contribution >= 4 is 17.6 Å². The number of esters is 2. The molecule has 0 aliphatic rings. The zero-order valence-electron chi connectivity index (χ0n) is 20.6. The van der Waals surface area contributed by atoms with Crippen LogP contribution in [0.3, 0.4) is 0 Å².